The zero-order valence-corrected chi connectivity index (χ0v) is 14.7. The molecule has 2 saturated heterocycles. The average molecular weight is 342 g/mol. The van der Waals surface area contributed by atoms with E-state index in [0.717, 1.165) is 39.1 Å². The number of amides is 2. The Morgan fingerprint density at radius 2 is 1.79 bits per heavy atom. The van der Waals surface area contributed by atoms with Crippen LogP contribution in [0.15, 0.2) is 0 Å². The molecule has 0 aromatic carbocycles. The van der Waals surface area contributed by atoms with Gasteiger partial charge in [0.15, 0.2) is 0 Å². The third-order valence-corrected chi connectivity index (χ3v) is 4.70. The minimum absolute atomic E-state index is 0.0404. The van der Waals surface area contributed by atoms with Gasteiger partial charge >= 0.3 is 0 Å². The van der Waals surface area contributed by atoms with Crippen LogP contribution in [-0.2, 0) is 14.4 Å². The first-order chi connectivity index (χ1) is 11.5. The lowest BCUT2D eigenvalue weighted by Gasteiger charge is -2.37. The Kier molecular flexibility index (Phi) is 9.33. The first-order valence-electron chi connectivity index (χ1n) is 8.50. The molecule has 0 aliphatic carbocycles. The van der Waals surface area contributed by atoms with E-state index in [1.54, 1.807) is 7.05 Å². The van der Waals surface area contributed by atoms with Crippen LogP contribution in [0.4, 0.5) is 0 Å². The first-order valence-corrected chi connectivity index (χ1v) is 8.50. The molecule has 2 aliphatic heterocycles. The lowest BCUT2D eigenvalue weighted by molar-refractivity contribution is -0.134. The minimum Gasteiger partial charge on any atom is -0.483 e. The van der Waals surface area contributed by atoms with Gasteiger partial charge in [-0.2, -0.15) is 0 Å². The molecule has 8 nitrogen and oxygen atoms in total. The summed E-state index contributed by atoms with van der Waals surface area (Å²) in [4.78, 5) is 38.5. The Bertz CT molecular complexity index is 411. The molecule has 0 saturated carbocycles. The molecule has 1 unspecified atom stereocenters. The molecule has 0 spiro atoms. The Labute approximate surface area is 143 Å². The van der Waals surface area contributed by atoms with Gasteiger partial charge in [0.1, 0.15) is 0 Å². The highest BCUT2D eigenvalue weighted by molar-refractivity contribution is 5.78. The van der Waals surface area contributed by atoms with Crippen LogP contribution < -0.4 is 5.32 Å². The van der Waals surface area contributed by atoms with E-state index in [-0.39, 0.29) is 18.3 Å². The number of rotatable bonds is 4. The second-order valence-electron chi connectivity index (χ2n) is 6.27. The van der Waals surface area contributed by atoms with E-state index in [9.17, 15) is 9.59 Å². The van der Waals surface area contributed by atoms with Crippen LogP contribution in [0.3, 0.4) is 0 Å². The van der Waals surface area contributed by atoms with Crippen LogP contribution >= 0.6 is 0 Å². The van der Waals surface area contributed by atoms with Gasteiger partial charge in [0, 0.05) is 45.7 Å². The topological polar surface area (TPSA) is 93.2 Å². The van der Waals surface area contributed by atoms with E-state index < -0.39 is 0 Å². The SMILES string of the molecule is CNC(=O)CN1CCN(C(=O)CC2CCCCN2C)CC1.O=CO. The number of nitrogens with one attached hydrogen (secondary N) is 1. The van der Waals surface area contributed by atoms with Crippen molar-refractivity contribution in [3.05, 3.63) is 0 Å². The highest BCUT2D eigenvalue weighted by atomic mass is 16.3. The fourth-order valence-electron chi connectivity index (χ4n) is 3.17. The van der Waals surface area contributed by atoms with Crippen LogP contribution in [0.25, 0.3) is 0 Å². The minimum atomic E-state index is -0.250. The van der Waals surface area contributed by atoms with Crippen LogP contribution in [-0.4, -0.2) is 97.5 Å². The molecule has 0 radical (unpaired) electrons. The third-order valence-electron chi connectivity index (χ3n) is 4.70. The van der Waals surface area contributed by atoms with Gasteiger partial charge in [-0.25, -0.2) is 0 Å². The molecule has 0 aromatic heterocycles. The fourth-order valence-corrected chi connectivity index (χ4v) is 3.17. The first kappa shape index (κ1) is 20.4. The largest absolute Gasteiger partial charge is 0.483 e. The van der Waals surface area contributed by atoms with Crippen molar-refractivity contribution >= 4 is 18.3 Å². The van der Waals surface area contributed by atoms with Crippen LogP contribution in [0.1, 0.15) is 25.7 Å². The lowest BCUT2D eigenvalue weighted by Crippen LogP contribution is -2.52. The van der Waals surface area contributed by atoms with Crippen molar-refractivity contribution in [3.8, 4) is 0 Å². The zero-order chi connectivity index (χ0) is 17.9. The Hall–Kier alpha value is -1.67. The van der Waals surface area contributed by atoms with E-state index >= 15 is 0 Å². The summed E-state index contributed by atoms with van der Waals surface area (Å²) in [7, 11) is 3.78. The summed E-state index contributed by atoms with van der Waals surface area (Å²) in [5.74, 6) is 0.312. The van der Waals surface area contributed by atoms with E-state index in [1.165, 1.54) is 12.8 Å². The summed E-state index contributed by atoms with van der Waals surface area (Å²) in [6, 6.07) is 0.412. The van der Waals surface area contributed by atoms with Gasteiger partial charge in [0.05, 0.1) is 6.54 Å². The molecular formula is C16H30N4O4. The van der Waals surface area contributed by atoms with Crippen LogP contribution in [0.2, 0.25) is 0 Å². The quantitative estimate of drug-likeness (QED) is 0.666. The van der Waals surface area contributed by atoms with Crippen molar-refractivity contribution in [2.75, 3.05) is 53.4 Å². The van der Waals surface area contributed by atoms with E-state index in [2.05, 4.69) is 22.2 Å². The van der Waals surface area contributed by atoms with Crippen molar-refractivity contribution in [1.82, 2.24) is 20.0 Å². The number of piperidine rings is 1. The third kappa shape index (κ3) is 6.84. The molecule has 2 heterocycles. The lowest BCUT2D eigenvalue weighted by atomic mass is 9.99. The van der Waals surface area contributed by atoms with Gasteiger partial charge in [-0.3, -0.25) is 19.3 Å². The summed E-state index contributed by atoms with van der Waals surface area (Å²) in [6.45, 7) is 4.36. The fraction of sp³-hybridized carbons (Fsp3) is 0.812. The summed E-state index contributed by atoms with van der Waals surface area (Å²) in [6.07, 6.45) is 4.27. The van der Waals surface area contributed by atoms with Gasteiger partial charge in [0.25, 0.3) is 6.47 Å². The molecular weight excluding hydrogens is 312 g/mol. The van der Waals surface area contributed by atoms with Gasteiger partial charge in [-0.05, 0) is 26.4 Å². The average Bonchev–Trinajstić information content (AvgIpc) is 2.58. The van der Waals surface area contributed by atoms with Crippen LogP contribution in [0.5, 0.6) is 0 Å². The summed E-state index contributed by atoms with van der Waals surface area (Å²) >= 11 is 0. The monoisotopic (exact) mass is 342 g/mol. The second-order valence-corrected chi connectivity index (χ2v) is 6.27. The van der Waals surface area contributed by atoms with Gasteiger partial charge < -0.3 is 20.2 Å². The summed E-state index contributed by atoms with van der Waals surface area (Å²) in [5, 5.41) is 9.53. The molecule has 2 fully saturated rings. The van der Waals surface area contributed by atoms with Gasteiger partial charge in [0.2, 0.25) is 11.8 Å². The maximum atomic E-state index is 12.4. The maximum Gasteiger partial charge on any atom is 0.290 e. The highest BCUT2D eigenvalue weighted by Crippen LogP contribution is 2.19. The Morgan fingerprint density at radius 1 is 1.17 bits per heavy atom. The molecule has 1 atom stereocenters. The molecule has 2 aliphatic rings. The molecule has 0 bridgehead atoms. The number of likely N-dealkylation sites (N-methyl/N-ethyl adjacent to an activating group) is 1. The number of carbonyl (C=O) groups is 3. The molecule has 2 N–H and O–H groups in total. The Balaban J connectivity index is 0.000000891. The second kappa shape index (κ2) is 11.0. The van der Waals surface area contributed by atoms with E-state index in [4.69, 9.17) is 9.90 Å². The number of carboxylic acid groups (broad SMARTS) is 1. The van der Waals surface area contributed by atoms with Crippen molar-refractivity contribution < 1.29 is 19.5 Å². The molecule has 2 rings (SSSR count). The Morgan fingerprint density at radius 3 is 2.33 bits per heavy atom. The number of likely N-dealkylation sites (tertiary alicyclic amines) is 1. The molecule has 24 heavy (non-hydrogen) atoms. The standard InChI is InChI=1S/C15H28N4O2.CH2O2/c1-16-14(20)12-18-7-9-19(10-8-18)15(21)11-13-5-3-4-6-17(13)2;2-1-3/h13H,3-12H2,1-2H3,(H,16,20);1H,(H,2,3). The number of hydrogen-bond donors (Lipinski definition) is 2. The van der Waals surface area contributed by atoms with E-state index in [1.807, 2.05) is 4.90 Å². The highest BCUT2D eigenvalue weighted by Gasteiger charge is 2.26. The summed E-state index contributed by atoms with van der Waals surface area (Å²) in [5.41, 5.74) is 0. The van der Waals surface area contributed by atoms with Gasteiger partial charge in [-0.15, -0.1) is 0 Å². The maximum absolute atomic E-state index is 12.4. The van der Waals surface area contributed by atoms with E-state index in [0.29, 0.717) is 19.0 Å². The number of hydrogen-bond acceptors (Lipinski definition) is 5. The number of nitrogens with zero attached hydrogens (tertiary/aromatic N) is 3. The zero-order valence-electron chi connectivity index (χ0n) is 14.7. The smallest absolute Gasteiger partial charge is 0.290 e. The number of piperazine rings is 1. The summed E-state index contributed by atoms with van der Waals surface area (Å²) < 4.78 is 0. The van der Waals surface area contributed by atoms with Gasteiger partial charge in [-0.1, -0.05) is 6.42 Å². The predicted molar refractivity (Wildman–Crippen MR) is 90.7 cm³/mol. The van der Waals surface area contributed by atoms with Crippen molar-refractivity contribution in [3.63, 3.8) is 0 Å². The molecule has 8 heteroatoms. The predicted octanol–water partition coefficient (Wildman–Crippen LogP) is -0.548. The van der Waals surface area contributed by atoms with Crippen molar-refractivity contribution in [2.24, 2.45) is 0 Å². The molecule has 0 aromatic rings. The van der Waals surface area contributed by atoms with Crippen LogP contribution in [0, 0.1) is 0 Å². The molecule has 138 valence electrons. The van der Waals surface area contributed by atoms with Crippen molar-refractivity contribution in [2.45, 2.75) is 31.7 Å². The number of carbonyl (C=O) groups excluding carboxylic acids is 2. The normalized spacial score (nSPS) is 22.2. The van der Waals surface area contributed by atoms with Crippen molar-refractivity contribution in [1.29, 1.82) is 0 Å². The molecule has 2 amide bonds.